The zero-order valence-electron chi connectivity index (χ0n) is 12.9. The molecule has 0 aliphatic carbocycles. The second-order valence-corrected chi connectivity index (χ2v) is 5.84. The van der Waals surface area contributed by atoms with Crippen molar-refractivity contribution in [3.05, 3.63) is 75.8 Å². The average molecular weight is 324 g/mol. The molecule has 6 nitrogen and oxygen atoms in total. The lowest BCUT2D eigenvalue weighted by Crippen LogP contribution is -2.45. The van der Waals surface area contributed by atoms with Crippen LogP contribution in [0, 0.1) is 10.1 Å². The molecule has 1 heterocycles. The number of carbonyl (C=O) groups excluding carboxylic acids is 2. The number of hydrogen-bond acceptors (Lipinski definition) is 4. The van der Waals surface area contributed by atoms with Gasteiger partial charge in [-0.15, -0.1) is 0 Å². The molecular weight excluding hydrogens is 308 g/mol. The number of rotatable bonds is 6. The van der Waals surface area contributed by atoms with E-state index in [1.54, 1.807) is 24.3 Å². The Morgan fingerprint density at radius 2 is 1.75 bits per heavy atom. The maximum atomic E-state index is 13.1. The lowest BCUT2D eigenvalue weighted by molar-refractivity contribution is -0.487. The number of fused-ring (bicyclic) bond motifs is 1. The van der Waals surface area contributed by atoms with Gasteiger partial charge in [0, 0.05) is 17.0 Å². The Labute approximate surface area is 138 Å². The number of nitro groups is 1. The van der Waals surface area contributed by atoms with Crippen LogP contribution < -0.4 is 4.90 Å². The highest BCUT2D eigenvalue weighted by Gasteiger charge is 2.54. The van der Waals surface area contributed by atoms with Crippen LogP contribution in [0.3, 0.4) is 0 Å². The van der Waals surface area contributed by atoms with Crippen LogP contribution in [0.2, 0.25) is 0 Å². The molecule has 0 fully saturated rings. The first kappa shape index (κ1) is 15.9. The Kier molecular flexibility index (Phi) is 4.12. The summed E-state index contributed by atoms with van der Waals surface area (Å²) < 4.78 is 0. The quantitative estimate of drug-likeness (QED) is 0.464. The number of hydrogen-bond donors (Lipinski definition) is 0. The van der Waals surface area contributed by atoms with E-state index in [9.17, 15) is 19.7 Å². The minimum atomic E-state index is -1.42. The molecule has 0 N–H and O–H groups in total. The van der Waals surface area contributed by atoms with E-state index in [0.717, 1.165) is 5.56 Å². The number of amides is 1. The Hall–Kier alpha value is -3.02. The van der Waals surface area contributed by atoms with Gasteiger partial charge in [0.25, 0.3) is 0 Å². The molecule has 2 aromatic carbocycles. The molecule has 2 aromatic rings. The van der Waals surface area contributed by atoms with E-state index in [1.807, 2.05) is 30.3 Å². The zero-order chi connectivity index (χ0) is 17.2. The molecule has 24 heavy (non-hydrogen) atoms. The SMILES string of the molecule is O=CC[C@@]1(C[N+](=O)[O-])C(=O)N(Cc2ccccc2)c2ccccc21. The molecule has 1 aliphatic rings. The highest BCUT2D eigenvalue weighted by Crippen LogP contribution is 2.44. The molecule has 122 valence electrons. The van der Waals surface area contributed by atoms with E-state index in [1.165, 1.54) is 4.90 Å². The van der Waals surface area contributed by atoms with E-state index in [0.29, 0.717) is 24.1 Å². The summed E-state index contributed by atoms with van der Waals surface area (Å²) in [6.45, 7) is -0.276. The van der Waals surface area contributed by atoms with Gasteiger partial charge in [-0.25, -0.2) is 0 Å². The number of para-hydroxylation sites is 1. The highest BCUT2D eigenvalue weighted by atomic mass is 16.6. The molecule has 0 spiro atoms. The average Bonchev–Trinajstić information content (AvgIpc) is 2.79. The van der Waals surface area contributed by atoms with Crippen molar-refractivity contribution in [2.75, 3.05) is 11.4 Å². The van der Waals surface area contributed by atoms with Crippen molar-refractivity contribution >= 4 is 17.9 Å². The van der Waals surface area contributed by atoms with E-state index < -0.39 is 22.8 Å². The van der Waals surface area contributed by atoms with E-state index in [4.69, 9.17) is 0 Å². The summed E-state index contributed by atoms with van der Waals surface area (Å²) in [4.78, 5) is 36.4. The van der Waals surface area contributed by atoms with Gasteiger partial charge in [0.2, 0.25) is 12.5 Å². The number of nitrogens with zero attached hydrogens (tertiary/aromatic N) is 2. The lowest BCUT2D eigenvalue weighted by Gasteiger charge is -2.23. The normalized spacial score (nSPS) is 19.2. The van der Waals surface area contributed by atoms with Crippen molar-refractivity contribution in [1.29, 1.82) is 0 Å². The third-order valence-electron chi connectivity index (χ3n) is 4.38. The first-order valence-corrected chi connectivity index (χ1v) is 7.59. The van der Waals surface area contributed by atoms with Crippen molar-refractivity contribution < 1.29 is 14.5 Å². The largest absolute Gasteiger partial charge is 0.307 e. The third kappa shape index (κ3) is 2.56. The summed E-state index contributed by atoms with van der Waals surface area (Å²) in [5.41, 5.74) is 0.685. The van der Waals surface area contributed by atoms with Crippen molar-refractivity contribution in [2.45, 2.75) is 18.4 Å². The van der Waals surface area contributed by atoms with Gasteiger partial charge in [-0.3, -0.25) is 14.9 Å². The van der Waals surface area contributed by atoms with Crippen molar-refractivity contribution in [3.8, 4) is 0 Å². The molecular formula is C18H16N2O4. The molecule has 0 radical (unpaired) electrons. The fraction of sp³-hybridized carbons (Fsp3) is 0.222. The fourth-order valence-corrected chi connectivity index (χ4v) is 3.30. The first-order valence-electron chi connectivity index (χ1n) is 7.59. The van der Waals surface area contributed by atoms with E-state index in [-0.39, 0.29) is 6.42 Å². The summed E-state index contributed by atoms with van der Waals surface area (Å²) in [5.74, 6) is -0.392. The fourth-order valence-electron chi connectivity index (χ4n) is 3.30. The van der Waals surface area contributed by atoms with Crippen LogP contribution >= 0.6 is 0 Å². The van der Waals surface area contributed by atoms with Crippen molar-refractivity contribution in [1.82, 2.24) is 0 Å². The highest BCUT2D eigenvalue weighted by molar-refractivity contribution is 6.09. The van der Waals surface area contributed by atoms with E-state index >= 15 is 0 Å². The molecule has 1 atom stereocenters. The Morgan fingerprint density at radius 3 is 2.42 bits per heavy atom. The molecule has 0 aromatic heterocycles. The standard InChI is InChI=1S/C18H16N2O4/c21-11-10-18(13-20(23)24)15-8-4-5-9-16(15)19(17(18)22)12-14-6-2-1-3-7-14/h1-9,11H,10,12-13H2/t18-/m0/s1. The predicted octanol–water partition coefficient (Wildman–Crippen LogP) is 2.34. The van der Waals surface area contributed by atoms with Gasteiger partial charge in [-0.1, -0.05) is 48.5 Å². The summed E-state index contributed by atoms with van der Waals surface area (Å²) in [6, 6.07) is 16.4. The predicted molar refractivity (Wildman–Crippen MR) is 88.3 cm³/mol. The number of anilines is 1. The van der Waals surface area contributed by atoms with Gasteiger partial charge in [0.15, 0.2) is 0 Å². The van der Waals surface area contributed by atoms with Crippen LogP contribution in [0.1, 0.15) is 17.5 Å². The van der Waals surface area contributed by atoms with Crippen LogP contribution in [0.4, 0.5) is 5.69 Å². The Bertz CT molecular complexity index is 791. The third-order valence-corrected chi connectivity index (χ3v) is 4.38. The van der Waals surface area contributed by atoms with Gasteiger partial charge in [0.05, 0.1) is 6.54 Å². The second-order valence-electron chi connectivity index (χ2n) is 5.84. The minimum Gasteiger partial charge on any atom is -0.307 e. The van der Waals surface area contributed by atoms with E-state index in [2.05, 4.69) is 0 Å². The monoisotopic (exact) mass is 324 g/mol. The topological polar surface area (TPSA) is 80.5 Å². The van der Waals surface area contributed by atoms with Crippen molar-refractivity contribution in [3.63, 3.8) is 0 Å². The molecule has 3 rings (SSSR count). The van der Waals surface area contributed by atoms with Crippen LogP contribution in [0.5, 0.6) is 0 Å². The van der Waals surface area contributed by atoms with Crippen LogP contribution in [0.15, 0.2) is 54.6 Å². The van der Waals surface area contributed by atoms with Crippen LogP contribution in [0.25, 0.3) is 0 Å². The summed E-state index contributed by atoms with van der Waals surface area (Å²) in [5, 5.41) is 11.2. The van der Waals surface area contributed by atoms with Gasteiger partial charge in [-0.2, -0.15) is 0 Å². The van der Waals surface area contributed by atoms with Crippen molar-refractivity contribution in [2.24, 2.45) is 0 Å². The lowest BCUT2D eigenvalue weighted by atomic mass is 9.79. The summed E-state index contributed by atoms with van der Waals surface area (Å²) in [7, 11) is 0. The van der Waals surface area contributed by atoms with Crippen LogP contribution in [-0.4, -0.2) is 23.7 Å². The number of carbonyl (C=O) groups is 2. The zero-order valence-corrected chi connectivity index (χ0v) is 12.9. The summed E-state index contributed by atoms with van der Waals surface area (Å²) in [6.07, 6.45) is 0.388. The summed E-state index contributed by atoms with van der Waals surface area (Å²) >= 11 is 0. The number of aldehydes is 1. The Balaban J connectivity index is 2.08. The van der Waals surface area contributed by atoms with Gasteiger partial charge in [0.1, 0.15) is 11.7 Å². The van der Waals surface area contributed by atoms with Gasteiger partial charge < -0.3 is 9.69 Å². The van der Waals surface area contributed by atoms with Gasteiger partial charge >= 0.3 is 0 Å². The smallest absolute Gasteiger partial charge is 0.245 e. The molecule has 6 heteroatoms. The van der Waals surface area contributed by atoms with Crippen LogP contribution in [-0.2, 0) is 21.5 Å². The Morgan fingerprint density at radius 1 is 1.08 bits per heavy atom. The minimum absolute atomic E-state index is 0.199. The molecule has 0 saturated heterocycles. The molecule has 1 aliphatic heterocycles. The maximum Gasteiger partial charge on any atom is 0.245 e. The van der Waals surface area contributed by atoms with Gasteiger partial charge in [-0.05, 0) is 17.2 Å². The molecule has 0 saturated carbocycles. The number of benzene rings is 2. The first-order chi connectivity index (χ1) is 11.6. The molecule has 1 amide bonds. The maximum absolute atomic E-state index is 13.1. The second kappa shape index (κ2) is 6.23. The molecule has 0 bridgehead atoms. The molecule has 0 unspecified atom stereocenters.